The lowest BCUT2D eigenvalue weighted by atomic mass is 9.62. The predicted octanol–water partition coefficient (Wildman–Crippen LogP) is 7.82. The minimum atomic E-state index is -0.134. The molecule has 0 bridgehead atoms. The second kappa shape index (κ2) is 6.74. The van der Waals surface area contributed by atoms with Crippen molar-refractivity contribution < 1.29 is 4.74 Å². The first-order valence-electron chi connectivity index (χ1n) is 9.98. The summed E-state index contributed by atoms with van der Waals surface area (Å²) in [6.07, 6.45) is 4.55. The summed E-state index contributed by atoms with van der Waals surface area (Å²) in [4.78, 5) is 0. The molecule has 0 N–H and O–H groups in total. The molecule has 1 heterocycles. The summed E-state index contributed by atoms with van der Waals surface area (Å²) < 4.78 is 7.06. The molecule has 0 aromatic heterocycles. The topological polar surface area (TPSA) is 9.23 Å². The first-order chi connectivity index (χ1) is 13.0. The Hall–Kier alpha value is -1.06. The van der Waals surface area contributed by atoms with E-state index in [1.165, 1.54) is 40.7 Å². The molecule has 0 saturated heterocycles. The molecular formula is C25H28Br2O. The third-order valence-electron chi connectivity index (χ3n) is 6.88. The molecule has 1 aliphatic heterocycles. The van der Waals surface area contributed by atoms with E-state index in [9.17, 15) is 0 Å². The lowest BCUT2D eigenvalue weighted by molar-refractivity contribution is 0.301. The number of fused-ring (bicyclic) bond motifs is 2. The van der Waals surface area contributed by atoms with Gasteiger partial charge in [-0.1, -0.05) is 52.0 Å². The van der Waals surface area contributed by atoms with Crippen molar-refractivity contribution in [3.63, 3.8) is 0 Å². The van der Waals surface area contributed by atoms with E-state index >= 15 is 0 Å². The third-order valence-corrected chi connectivity index (χ3v) is 7.34. The van der Waals surface area contributed by atoms with E-state index in [0.29, 0.717) is 6.61 Å². The Morgan fingerprint density at radius 3 is 2.21 bits per heavy atom. The van der Waals surface area contributed by atoms with E-state index in [1.807, 2.05) is 0 Å². The number of benzene rings is 2. The molecule has 1 atom stereocenters. The minimum absolute atomic E-state index is 0.134. The van der Waals surface area contributed by atoms with Crippen molar-refractivity contribution in [1.29, 1.82) is 0 Å². The summed E-state index contributed by atoms with van der Waals surface area (Å²) in [6, 6.07) is 13.7. The van der Waals surface area contributed by atoms with Gasteiger partial charge in [0.2, 0.25) is 0 Å². The van der Waals surface area contributed by atoms with Gasteiger partial charge in [0.25, 0.3) is 0 Å². The van der Waals surface area contributed by atoms with Gasteiger partial charge in [-0.3, -0.25) is 0 Å². The highest BCUT2D eigenvalue weighted by atomic mass is 79.9. The van der Waals surface area contributed by atoms with Crippen LogP contribution in [0.1, 0.15) is 75.3 Å². The van der Waals surface area contributed by atoms with Gasteiger partial charge in [-0.25, -0.2) is 0 Å². The maximum absolute atomic E-state index is 6.12. The lowest BCUT2D eigenvalue weighted by Crippen LogP contribution is -2.35. The Bertz CT molecular complexity index is 967. The van der Waals surface area contributed by atoms with Crippen LogP contribution in [0.4, 0.5) is 0 Å². The molecule has 2 aromatic rings. The SMILES string of the molecule is CC1(C)CCC(C)(C)c2cc(C3(C)COc4ccc(C=C(Br)Br)cc43)ccc21. The summed E-state index contributed by atoms with van der Waals surface area (Å²) in [5.74, 6) is 1.00. The van der Waals surface area contributed by atoms with E-state index in [-0.39, 0.29) is 16.2 Å². The highest BCUT2D eigenvalue weighted by molar-refractivity contribution is 9.28. The van der Waals surface area contributed by atoms with E-state index in [4.69, 9.17) is 4.74 Å². The van der Waals surface area contributed by atoms with Crippen molar-refractivity contribution in [3.8, 4) is 5.75 Å². The number of rotatable bonds is 2. The average molecular weight is 504 g/mol. The van der Waals surface area contributed by atoms with E-state index in [2.05, 4.69) is 109 Å². The second-order valence-electron chi connectivity index (χ2n) is 9.84. The Labute approximate surface area is 185 Å². The van der Waals surface area contributed by atoms with Gasteiger partial charge in [0.05, 0.1) is 8.81 Å². The number of hydrogen-bond donors (Lipinski definition) is 0. The molecular weight excluding hydrogens is 476 g/mol. The molecule has 0 spiro atoms. The van der Waals surface area contributed by atoms with Crippen molar-refractivity contribution in [2.24, 2.45) is 0 Å². The fraction of sp³-hybridized carbons (Fsp3) is 0.440. The molecule has 1 unspecified atom stereocenters. The van der Waals surface area contributed by atoms with Gasteiger partial charge < -0.3 is 4.74 Å². The van der Waals surface area contributed by atoms with Gasteiger partial charge in [-0.2, -0.15) is 0 Å². The number of ether oxygens (including phenoxy) is 1. The molecule has 0 radical (unpaired) electrons. The zero-order chi connectivity index (χ0) is 20.3. The highest BCUT2D eigenvalue weighted by Gasteiger charge is 2.41. The van der Waals surface area contributed by atoms with Gasteiger partial charge in [0.15, 0.2) is 0 Å². The van der Waals surface area contributed by atoms with Gasteiger partial charge in [0.1, 0.15) is 12.4 Å². The summed E-state index contributed by atoms with van der Waals surface area (Å²) in [5.41, 5.74) is 7.14. The molecule has 1 aliphatic carbocycles. The number of halogens is 2. The Balaban J connectivity index is 1.85. The van der Waals surface area contributed by atoms with Crippen LogP contribution in [0.2, 0.25) is 0 Å². The van der Waals surface area contributed by atoms with Gasteiger partial charge in [-0.05, 0) is 103 Å². The van der Waals surface area contributed by atoms with Crippen LogP contribution in [0.3, 0.4) is 0 Å². The molecule has 2 aromatic carbocycles. The van der Waals surface area contributed by atoms with Crippen molar-refractivity contribution in [1.82, 2.24) is 0 Å². The van der Waals surface area contributed by atoms with E-state index in [1.54, 1.807) is 0 Å². The molecule has 1 nitrogen and oxygen atoms in total. The summed E-state index contributed by atoms with van der Waals surface area (Å²) >= 11 is 6.95. The van der Waals surface area contributed by atoms with Crippen LogP contribution in [0.5, 0.6) is 5.75 Å². The van der Waals surface area contributed by atoms with Crippen molar-refractivity contribution in [2.75, 3.05) is 6.61 Å². The van der Waals surface area contributed by atoms with Crippen molar-refractivity contribution in [2.45, 2.75) is 63.7 Å². The van der Waals surface area contributed by atoms with Crippen LogP contribution in [-0.4, -0.2) is 6.61 Å². The fourth-order valence-electron chi connectivity index (χ4n) is 4.79. The second-order valence-corrected chi connectivity index (χ2v) is 12.6. The Morgan fingerprint density at radius 1 is 0.857 bits per heavy atom. The maximum atomic E-state index is 6.12. The van der Waals surface area contributed by atoms with Gasteiger partial charge in [0, 0.05) is 5.56 Å². The summed E-state index contributed by atoms with van der Waals surface area (Å²) in [5, 5.41) is 0. The molecule has 0 saturated carbocycles. The monoisotopic (exact) mass is 502 g/mol. The molecule has 4 rings (SSSR count). The molecule has 3 heteroatoms. The predicted molar refractivity (Wildman–Crippen MR) is 126 cm³/mol. The minimum Gasteiger partial charge on any atom is -0.492 e. The van der Waals surface area contributed by atoms with E-state index < -0.39 is 0 Å². The summed E-state index contributed by atoms with van der Waals surface area (Å²) in [6.45, 7) is 12.6. The summed E-state index contributed by atoms with van der Waals surface area (Å²) in [7, 11) is 0. The number of hydrogen-bond acceptors (Lipinski definition) is 1. The normalized spacial score (nSPS) is 24.1. The first kappa shape index (κ1) is 20.2. The molecule has 148 valence electrons. The van der Waals surface area contributed by atoms with Crippen molar-refractivity contribution >= 4 is 37.9 Å². The highest BCUT2D eigenvalue weighted by Crippen LogP contribution is 2.49. The van der Waals surface area contributed by atoms with Crippen molar-refractivity contribution in [3.05, 3.63) is 67.6 Å². The fourth-order valence-corrected chi connectivity index (χ4v) is 5.32. The van der Waals surface area contributed by atoms with Crippen LogP contribution in [0.15, 0.2) is 39.8 Å². The quantitative estimate of drug-likeness (QED) is 0.405. The van der Waals surface area contributed by atoms with E-state index in [0.717, 1.165) is 9.14 Å². The standard InChI is InChI=1S/C25H28Br2O/c1-23(2)10-11-24(3,4)19-14-17(7-8-18(19)23)25(5)15-28-21-9-6-16(12-20(21)25)13-22(26)27/h6-9,12-14H,10-11,15H2,1-5H3. The maximum Gasteiger partial charge on any atom is 0.123 e. The van der Waals surface area contributed by atoms with Crippen LogP contribution >= 0.6 is 31.9 Å². The third kappa shape index (κ3) is 3.29. The zero-order valence-electron chi connectivity index (χ0n) is 17.3. The molecule has 0 fully saturated rings. The van der Waals surface area contributed by atoms with Crippen LogP contribution < -0.4 is 4.74 Å². The first-order valence-corrected chi connectivity index (χ1v) is 11.6. The average Bonchev–Trinajstić information content (AvgIpc) is 2.96. The molecule has 2 aliphatic rings. The molecule has 28 heavy (non-hydrogen) atoms. The zero-order valence-corrected chi connectivity index (χ0v) is 20.5. The van der Waals surface area contributed by atoms with Crippen LogP contribution in [0, 0.1) is 0 Å². The Morgan fingerprint density at radius 2 is 1.54 bits per heavy atom. The lowest BCUT2D eigenvalue weighted by Gasteiger charge is -2.42. The Kier molecular flexibility index (Phi) is 4.87. The van der Waals surface area contributed by atoms with Crippen LogP contribution in [-0.2, 0) is 16.2 Å². The molecule has 0 amide bonds. The largest absolute Gasteiger partial charge is 0.492 e. The van der Waals surface area contributed by atoms with Gasteiger partial charge in [-0.15, -0.1) is 0 Å². The van der Waals surface area contributed by atoms with Gasteiger partial charge >= 0.3 is 0 Å². The van der Waals surface area contributed by atoms with Crippen LogP contribution in [0.25, 0.3) is 6.08 Å². The smallest absolute Gasteiger partial charge is 0.123 e.